The number of halogens is 1. The Hall–Kier alpha value is -1.60. The third-order valence-electron chi connectivity index (χ3n) is 1.71. The first kappa shape index (κ1) is 10.5. The molecule has 14 heavy (non-hydrogen) atoms. The van der Waals surface area contributed by atoms with E-state index in [-0.39, 0.29) is 12.1 Å². The Morgan fingerprint density at radius 1 is 1.64 bits per heavy atom. The van der Waals surface area contributed by atoms with Crippen LogP contribution in [0.5, 0.6) is 0 Å². The lowest BCUT2D eigenvalue weighted by Crippen LogP contribution is -2.16. The molecule has 0 saturated carbocycles. The summed E-state index contributed by atoms with van der Waals surface area (Å²) in [6.45, 7) is 1.90. The monoisotopic (exact) mass is 194 g/mol. The van der Waals surface area contributed by atoms with Crippen LogP contribution in [0.4, 0.5) is 10.1 Å². The van der Waals surface area contributed by atoms with Crippen molar-refractivity contribution in [3.05, 3.63) is 29.6 Å². The van der Waals surface area contributed by atoms with Crippen molar-refractivity contribution in [2.75, 3.05) is 11.9 Å². The summed E-state index contributed by atoms with van der Waals surface area (Å²) in [5, 5.41) is 20.5. The summed E-state index contributed by atoms with van der Waals surface area (Å²) in [7, 11) is 0. The van der Waals surface area contributed by atoms with Crippen LogP contribution in [0.15, 0.2) is 18.2 Å². The zero-order valence-corrected chi connectivity index (χ0v) is 7.79. The van der Waals surface area contributed by atoms with Gasteiger partial charge in [0.25, 0.3) is 0 Å². The van der Waals surface area contributed by atoms with Crippen LogP contribution >= 0.6 is 0 Å². The van der Waals surface area contributed by atoms with Gasteiger partial charge in [-0.2, -0.15) is 5.26 Å². The summed E-state index contributed by atoms with van der Waals surface area (Å²) in [5.74, 6) is -0.553. The molecule has 0 saturated heterocycles. The highest BCUT2D eigenvalue weighted by Gasteiger charge is 2.07. The molecular formula is C10H11FN2O. The fourth-order valence-corrected chi connectivity index (χ4v) is 1.04. The third kappa shape index (κ3) is 2.44. The van der Waals surface area contributed by atoms with E-state index in [1.54, 1.807) is 19.1 Å². The van der Waals surface area contributed by atoms with E-state index < -0.39 is 11.9 Å². The summed E-state index contributed by atoms with van der Waals surface area (Å²) >= 11 is 0. The largest absolute Gasteiger partial charge is 0.392 e. The highest BCUT2D eigenvalue weighted by atomic mass is 19.1. The van der Waals surface area contributed by atoms with Crippen molar-refractivity contribution in [3.8, 4) is 6.07 Å². The lowest BCUT2D eigenvalue weighted by atomic mass is 10.2. The molecule has 0 amide bonds. The first-order valence-electron chi connectivity index (χ1n) is 4.25. The predicted octanol–water partition coefficient (Wildman–Crippen LogP) is 1.49. The molecule has 4 heteroatoms. The van der Waals surface area contributed by atoms with Gasteiger partial charge in [0.1, 0.15) is 17.4 Å². The zero-order chi connectivity index (χ0) is 10.6. The van der Waals surface area contributed by atoms with Crippen LogP contribution in [0.2, 0.25) is 0 Å². The molecule has 1 atom stereocenters. The minimum Gasteiger partial charge on any atom is -0.392 e. The lowest BCUT2D eigenvalue weighted by Gasteiger charge is -2.09. The molecule has 74 valence electrons. The molecule has 0 fully saturated rings. The Kier molecular flexibility index (Phi) is 3.43. The number of aliphatic hydroxyl groups excluding tert-OH is 1. The molecule has 0 unspecified atom stereocenters. The molecule has 0 aliphatic carbocycles. The molecule has 0 aromatic heterocycles. The number of hydrogen-bond donors (Lipinski definition) is 2. The van der Waals surface area contributed by atoms with Gasteiger partial charge in [0.05, 0.1) is 11.8 Å². The second kappa shape index (κ2) is 4.58. The fraction of sp³-hybridized carbons (Fsp3) is 0.300. The summed E-state index contributed by atoms with van der Waals surface area (Å²) in [6.07, 6.45) is -0.537. The number of nitrogens with one attached hydrogen (secondary N) is 1. The van der Waals surface area contributed by atoms with Crippen molar-refractivity contribution >= 4 is 5.69 Å². The zero-order valence-electron chi connectivity index (χ0n) is 7.79. The van der Waals surface area contributed by atoms with Crippen molar-refractivity contribution in [2.45, 2.75) is 13.0 Å². The summed E-state index contributed by atoms with van der Waals surface area (Å²) < 4.78 is 13.0. The first-order chi connectivity index (χ1) is 6.65. The van der Waals surface area contributed by atoms with Crippen LogP contribution in [-0.2, 0) is 0 Å². The van der Waals surface area contributed by atoms with Gasteiger partial charge in [0.2, 0.25) is 0 Å². The van der Waals surface area contributed by atoms with Crippen LogP contribution in [0.25, 0.3) is 0 Å². The number of rotatable bonds is 3. The Labute approximate surface area is 81.8 Å². The Balaban J connectivity index is 2.87. The highest BCUT2D eigenvalue weighted by molar-refractivity contribution is 5.57. The smallest absolute Gasteiger partial charge is 0.143 e. The van der Waals surface area contributed by atoms with Crippen LogP contribution in [-0.4, -0.2) is 17.8 Å². The molecule has 2 N–H and O–H groups in total. The second-order valence-electron chi connectivity index (χ2n) is 3.00. The molecule has 1 rings (SSSR count). The van der Waals surface area contributed by atoms with Crippen molar-refractivity contribution in [1.29, 1.82) is 5.26 Å². The number of nitrogens with zero attached hydrogens (tertiary/aromatic N) is 1. The van der Waals surface area contributed by atoms with Crippen LogP contribution in [0.3, 0.4) is 0 Å². The molecular weight excluding hydrogens is 183 g/mol. The number of benzene rings is 1. The molecule has 0 spiro atoms. The Morgan fingerprint density at radius 2 is 2.36 bits per heavy atom. The summed E-state index contributed by atoms with van der Waals surface area (Å²) in [4.78, 5) is 0. The van der Waals surface area contributed by atoms with E-state index in [0.29, 0.717) is 5.69 Å². The van der Waals surface area contributed by atoms with Gasteiger partial charge >= 0.3 is 0 Å². The van der Waals surface area contributed by atoms with Crippen molar-refractivity contribution in [3.63, 3.8) is 0 Å². The maximum absolute atomic E-state index is 13.0. The molecule has 0 bridgehead atoms. The number of hydrogen-bond acceptors (Lipinski definition) is 3. The van der Waals surface area contributed by atoms with Crippen LogP contribution < -0.4 is 5.32 Å². The maximum atomic E-state index is 13.0. The normalized spacial score (nSPS) is 11.9. The second-order valence-corrected chi connectivity index (χ2v) is 3.00. The van der Waals surface area contributed by atoms with Gasteiger partial charge in [-0.3, -0.25) is 0 Å². The molecule has 3 nitrogen and oxygen atoms in total. The van der Waals surface area contributed by atoms with E-state index in [1.165, 1.54) is 12.1 Å². The van der Waals surface area contributed by atoms with Crippen molar-refractivity contribution in [1.82, 2.24) is 0 Å². The fourth-order valence-electron chi connectivity index (χ4n) is 1.04. The highest BCUT2D eigenvalue weighted by Crippen LogP contribution is 2.17. The summed E-state index contributed by atoms with van der Waals surface area (Å²) in [5.41, 5.74) is 0.390. The minimum atomic E-state index is -0.553. The number of aliphatic hydroxyl groups is 1. The molecule has 0 aliphatic heterocycles. The maximum Gasteiger partial charge on any atom is 0.143 e. The number of nitriles is 1. The topological polar surface area (TPSA) is 56.0 Å². The summed E-state index contributed by atoms with van der Waals surface area (Å²) in [6, 6.07) is 6.11. The van der Waals surface area contributed by atoms with E-state index in [9.17, 15) is 4.39 Å². The van der Waals surface area contributed by atoms with Gasteiger partial charge in [-0.05, 0) is 19.1 Å². The van der Waals surface area contributed by atoms with E-state index in [2.05, 4.69) is 5.32 Å². The molecule has 0 aliphatic rings. The number of anilines is 1. The van der Waals surface area contributed by atoms with Crippen molar-refractivity contribution in [2.24, 2.45) is 0 Å². The van der Waals surface area contributed by atoms with Gasteiger partial charge in [-0.1, -0.05) is 6.07 Å². The lowest BCUT2D eigenvalue weighted by molar-refractivity contribution is 0.208. The van der Waals surface area contributed by atoms with Crippen LogP contribution in [0.1, 0.15) is 12.5 Å². The van der Waals surface area contributed by atoms with Crippen LogP contribution in [0, 0.1) is 17.1 Å². The average Bonchev–Trinajstić information content (AvgIpc) is 2.14. The first-order valence-corrected chi connectivity index (χ1v) is 4.25. The van der Waals surface area contributed by atoms with E-state index in [1.807, 2.05) is 0 Å². The van der Waals surface area contributed by atoms with Crippen molar-refractivity contribution < 1.29 is 9.50 Å². The standard InChI is InChI=1S/C10H11FN2O/c1-7(14)6-13-10-4-2-3-9(11)8(10)5-12/h2-4,7,13-14H,6H2,1H3/t7-/m0/s1. The molecule has 0 radical (unpaired) electrons. The average molecular weight is 194 g/mol. The van der Waals surface area contributed by atoms with Gasteiger partial charge in [-0.25, -0.2) is 4.39 Å². The van der Waals surface area contributed by atoms with Gasteiger partial charge in [0, 0.05) is 6.54 Å². The Morgan fingerprint density at radius 3 is 2.93 bits per heavy atom. The predicted molar refractivity (Wildman–Crippen MR) is 51.3 cm³/mol. The SMILES string of the molecule is C[C@H](O)CNc1cccc(F)c1C#N. The van der Waals surface area contributed by atoms with E-state index in [0.717, 1.165) is 0 Å². The Bertz CT molecular complexity index is 358. The molecule has 0 heterocycles. The van der Waals surface area contributed by atoms with Gasteiger partial charge < -0.3 is 10.4 Å². The van der Waals surface area contributed by atoms with E-state index >= 15 is 0 Å². The van der Waals surface area contributed by atoms with E-state index in [4.69, 9.17) is 10.4 Å². The third-order valence-corrected chi connectivity index (χ3v) is 1.71. The molecule has 1 aromatic rings. The van der Waals surface area contributed by atoms with Gasteiger partial charge in [-0.15, -0.1) is 0 Å². The quantitative estimate of drug-likeness (QED) is 0.766. The minimum absolute atomic E-state index is 0.0202. The van der Waals surface area contributed by atoms with Gasteiger partial charge in [0.15, 0.2) is 0 Å². The molecule has 1 aromatic carbocycles.